The van der Waals surface area contributed by atoms with Crippen LogP contribution < -0.4 is 0 Å². The Labute approximate surface area is 110 Å². The van der Waals surface area contributed by atoms with Crippen molar-refractivity contribution in [2.24, 2.45) is 0 Å². The third-order valence-corrected chi connectivity index (χ3v) is 3.48. The Bertz CT molecular complexity index is 125. The zero-order chi connectivity index (χ0) is 12.8. The van der Waals surface area contributed by atoms with Gasteiger partial charge in [-0.1, -0.05) is 65.7 Å². The molecule has 0 aromatic heterocycles. The van der Waals surface area contributed by atoms with Crippen molar-refractivity contribution in [2.75, 3.05) is 19.6 Å². The van der Waals surface area contributed by atoms with E-state index >= 15 is 0 Å². The Kier molecular flexibility index (Phi) is 14.0. The van der Waals surface area contributed by atoms with Crippen LogP contribution in [0.5, 0.6) is 0 Å². The molecular weight excluding hydrogens is 206 g/mol. The fourth-order valence-electron chi connectivity index (χ4n) is 2.21. The molecule has 1 nitrogen and oxygen atoms in total. The minimum atomic E-state index is 1.32. The van der Waals surface area contributed by atoms with E-state index < -0.39 is 0 Å². The van der Waals surface area contributed by atoms with Crippen LogP contribution >= 0.6 is 0 Å². The molecule has 0 amide bonds. The molecule has 0 aromatic carbocycles. The molecule has 0 aliphatic heterocycles. The van der Waals surface area contributed by atoms with Gasteiger partial charge in [-0.2, -0.15) is 0 Å². The van der Waals surface area contributed by atoms with Crippen molar-refractivity contribution in [3.8, 4) is 0 Å². The summed E-state index contributed by atoms with van der Waals surface area (Å²) in [6.45, 7) is 10.9. The van der Waals surface area contributed by atoms with Crippen LogP contribution in [0.1, 0.15) is 85.0 Å². The van der Waals surface area contributed by atoms with Gasteiger partial charge in [0, 0.05) is 0 Å². The van der Waals surface area contributed by atoms with Crippen LogP contribution in [0.25, 0.3) is 0 Å². The zero-order valence-electron chi connectivity index (χ0n) is 12.6. The second-order valence-electron chi connectivity index (χ2n) is 5.32. The first-order chi connectivity index (χ1) is 8.35. The molecule has 17 heavy (non-hydrogen) atoms. The average Bonchev–Trinajstić information content (AvgIpc) is 2.35. The molecule has 0 atom stereocenters. The van der Waals surface area contributed by atoms with E-state index in [1.807, 2.05) is 0 Å². The van der Waals surface area contributed by atoms with E-state index in [0.29, 0.717) is 0 Å². The maximum atomic E-state index is 2.69. The van der Waals surface area contributed by atoms with Gasteiger partial charge in [-0.15, -0.1) is 0 Å². The van der Waals surface area contributed by atoms with Gasteiger partial charge in [0.1, 0.15) is 0 Å². The molecule has 0 aliphatic rings. The van der Waals surface area contributed by atoms with Gasteiger partial charge < -0.3 is 4.90 Å². The minimum Gasteiger partial charge on any atom is -0.303 e. The van der Waals surface area contributed by atoms with Gasteiger partial charge in [0.05, 0.1) is 0 Å². The van der Waals surface area contributed by atoms with Crippen LogP contribution in [0.4, 0.5) is 0 Å². The van der Waals surface area contributed by atoms with Crippen LogP contribution in [0.3, 0.4) is 0 Å². The van der Waals surface area contributed by atoms with Crippen molar-refractivity contribution in [3.63, 3.8) is 0 Å². The Balaban J connectivity index is 3.45. The lowest BCUT2D eigenvalue weighted by molar-refractivity contribution is 0.259. The summed E-state index contributed by atoms with van der Waals surface area (Å²) in [6, 6.07) is 0. The van der Waals surface area contributed by atoms with E-state index in [0.717, 1.165) is 0 Å². The third-order valence-electron chi connectivity index (χ3n) is 3.48. The second-order valence-corrected chi connectivity index (χ2v) is 5.32. The molecule has 0 aromatic rings. The Morgan fingerprint density at radius 2 is 0.882 bits per heavy atom. The quantitative estimate of drug-likeness (QED) is 0.398. The van der Waals surface area contributed by atoms with Crippen molar-refractivity contribution in [1.82, 2.24) is 4.90 Å². The van der Waals surface area contributed by atoms with E-state index in [-0.39, 0.29) is 0 Å². The molecule has 0 fully saturated rings. The number of hydrogen-bond donors (Lipinski definition) is 0. The molecule has 0 aliphatic carbocycles. The molecule has 1 heteroatoms. The molecule has 0 bridgehead atoms. The normalized spacial score (nSPS) is 11.3. The van der Waals surface area contributed by atoms with Crippen LogP contribution in [0.15, 0.2) is 0 Å². The summed E-state index contributed by atoms with van der Waals surface area (Å²) < 4.78 is 0. The minimum absolute atomic E-state index is 1.32. The SMILES string of the molecule is CCCCCCCCN(CCCC)CCCC. The number of nitrogens with zero attached hydrogens (tertiary/aromatic N) is 1. The van der Waals surface area contributed by atoms with Gasteiger partial charge in [-0.05, 0) is 38.9 Å². The monoisotopic (exact) mass is 241 g/mol. The van der Waals surface area contributed by atoms with E-state index in [1.165, 1.54) is 83.8 Å². The van der Waals surface area contributed by atoms with E-state index in [2.05, 4.69) is 25.7 Å². The number of rotatable bonds is 13. The Morgan fingerprint density at radius 1 is 0.471 bits per heavy atom. The van der Waals surface area contributed by atoms with Crippen LogP contribution in [-0.2, 0) is 0 Å². The highest BCUT2D eigenvalue weighted by Crippen LogP contribution is 2.07. The van der Waals surface area contributed by atoms with E-state index in [4.69, 9.17) is 0 Å². The molecule has 0 saturated heterocycles. The van der Waals surface area contributed by atoms with Gasteiger partial charge in [0.2, 0.25) is 0 Å². The van der Waals surface area contributed by atoms with Crippen molar-refractivity contribution >= 4 is 0 Å². The van der Waals surface area contributed by atoms with Gasteiger partial charge >= 0.3 is 0 Å². The van der Waals surface area contributed by atoms with E-state index in [9.17, 15) is 0 Å². The summed E-state index contributed by atoms with van der Waals surface area (Å²) >= 11 is 0. The summed E-state index contributed by atoms with van der Waals surface area (Å²) in [5.74, 6) is 0. The summed E-state index contributed by atoms with van der Waals surface area (Å²) in [6.07, 6.45) is 13.9. The number of unbranched alkanes of at least 4 members (excludes halogenated alkanes) is 7. The van der Waals surface area contributed by atoms with Gasteiger partial charge in [0.25, 0.3) is 0 Å². The summed E-state index contributed by atoms with van der Waals surface area (Å²) in [4.78, 5) is 2.69. The lowest BCUT2D eigenvalue weighted by Gasteiger charge is -2.21. The fourth-order valence-corrected chi connectivity index (χ4v) is 2.21. The topological polar surface area (TPSA) is 3.24 Å². The summed E-state index contributed by atoms with van der Waals surface area (Å²) in [5.41, 5.74) is 0. The first-order valence-corrected chi connectivity index (χ1v) is 8.07. The highest BCUT2D eigenvalue weighted by atomic mass is 15.1. The van der Waals surface area contributed by atoms with Crippen molar-refractivity contribution < 1.29 is 0 Å². The predicted molar refractivity (Wildman–Crippen MR) is 79.6 cm³/mol. The maximum absolute atomic E-state index is 2.69. The maximum Gasteiger partial charge on any atom is -0.00187 e. The van der Waals surface area contributed by atoms with Crippen LogP contribution in [0, 0.1) is 0 Å². The largest absolute Gasteiger partial charge is 0.303 e. The zero-order valence-corrected chi connectivity index (χ0v) is 12.6. The van der Waals surface area contributed by atoms with Crippen molar-refractivity contribution in [2.45, 2.75) is 85.0 Å². The fraction of sp³-hybridized carbons (Fsp3) is 1.00. The average molecular weight is 241 g/mol. The molecule has 0 radical (unpaired) electrons. The molecule has 0 spiro atoms. The lowest BCUT2D eigenvalue weighted by Crippen LogP contribution is -2.27. The molecule has 104 valence electrons. The number of hydrogen-bond acceptors (Lipinski definition) is 1. The van der Waals surface area contributed by atoms with E-state index in [1.54, 1.807) is 0 Å². The molecule has 0 saturated carbocycles. The summed E-state index contributed by atoms with van der Waals surface area (Å²) in [7, 11) is 0. The van der Waals surface area contributed by atoms with Gasteiger partial charge in [0.15, 0.2) is 0 Å². The molecule has 0 N–H and O–H groups in total. The van der Waals surface area contributed by atoms with Crippen LogP contribution in [0.2, 0.25) is 0 Å². The highest BCUT2D eigenvalue weighted by Gasteiger charge is 2.03. The predicted octanol–water partition coefficient (Wildman–Crippen LogP) is 5.25. The first-order valence-electron chi connectivity index (χ1n) is 8.07. The highest BCUT2D eigenvalue weighted by molar-refractivity contribution is 4.58. The molecule has 0 unspecified atom stereocenters. The smallest absolute Gasteiger partial charge is 0.00187 e. The van der Waals surface area contributed by atoms with Crippen molar-refractivity contribution in [3.05, 3.63) is 0 Å². The Morgan fingerprint density at radius 3 is 1.41 bits per heavy atom. The molecule has 0 rings (SSSR count). The lowest BCUT2D eigenvalue weighted by atomic mass is 10.1. The van der Waals surface area contributed by atoms with Gasteiger partial charge in [-0.3, -0.25) is 0 Å². The first kappa shape index (κ1) is 17.0. The van der Waals surface area contributed by atoms with Crippen molar-refractivity contribution in [1.29, 1.82) is 0 Å². The standard InChI is InChI=1S/C16H35N/c1-4-7-10-11-12-13-16-17(14-8-5-2)15-9-6-3/h4-16H2,1-3H3. The van der Waals surface area contributed by atoms with Gasteiger partial charge in [-0.25, -0.2) is 0 Å². The Hall–Kier alpha value is -0.0400. The molecule has 0 heterocycles. The molecular formula is C16H35N. The second kappa shape index (κ2) is 14.0. The summed E-state index contributed by atoms with van der Waals surface area (Å²) in [5, 5.41) is 0. The van der Waals surface area contributed by atoms with Crippen LogP contribution in [-0.4, -0.2) is 24.5 Å². The third kappa shape index (κ3) is 12.2.